The van der Waals surface area contributed by atoms with E-state index in [0.29, 0.717) is 35.9 Å². The van der Waals surface area contributed by atoms with Gasteiger partial charge in [-0.15, -0.1) is 0 Å². The number of benzene rings is 1. The highest BCUT2D eigenvalue weighted by Gasteiger charge is 2.82. The molecule has 1 saturated carbocycles. The first-order chi connectivity index (χ1) is 13.5. The zero-order valence-corrected chi connectivity index (χ0v) is 17.5. The van der Waals surface area contributed by atoms with Crippen molar-refractivity contribution in [2.24, 2.45) is 17.8 Å². The van der Waals surface area contributed by atoms with E-state index >= 15 is 0 Å². The number of nitrogens with zero attached hydrogens (tertiary/aromatic N) is 2. The summed E-state index contributed by atoms with van der Waals surface area (Å²) in [5, 5.41) is 23.7. The van der Waals surface area contributed by atoms with E-state index in [2.05, 4.69) is 50.1 Å². The lowest BCUT2D eigenvalue weighted by molar-refractivity contribution is -1.04. The molecule has 5 bridgehead atoms. The normalized spacial score (nSPS) is 52.2. The van der Waals surface area contributed by atoms with E-state index in [1.165, 1.54) is 30.5 Å². The van der Waals surface area contributed by atoms with Crippen LogP contribution in [0.2, 0.25) is 0 Å². The van der Waals surface area contributed by atoms with E-state index in [9.17, 15) is 10.2 Å². The second kappa shape index (κ2) is 5.53. The molecule has 152 valence electrons. The number of anilines is 1. The summed E-state index contributed by atoms with van der Waals surface area (Å²) >= 11 is 0. The predicted molar refractivity (Wildman–Crippen MR) is 110 cm³/mol. The number of fused-ring (bicyclic) bond motifs is 2. The number of rotatable bonds is 4. The number of para-hydroxylation sites is 1. The first-order valence-corrected chi connectivity index (χ1v) is 11.6. The van der Waals surface area contributed by atoms with Gasteiger partial charge in [0.1, 0.15) is 6.04 Å². The van der Waals surface area contributed by atoms with Crippen molar-refractivity contribution in [2.75, 3.05) is 18.5 Å². The van der Waals surface area contributed by atoms with Gasteiger partial charge in [0.15, 0.2) is 6.23 Å². The summed E-state index contributed by atoms with van der Waals surface area (Å²) in [6.45, 7) is 5.59. The van der Waals surface area contributed by atoms with Crippen LogP contribution in [-0.4, -0.2) is 58.7 Å². The number of aliphatic hydroxyl groups is 2. The maximum Gasteiger partial charge on any atom is 0.194 e. The molecule has 5 fully saturated rings. The first kappa shape index (κ1) is 17.7. The van der Waals surface area contributed by atoms with Gasteiger partial charge in [0.25, 0.3) is 0 Å². The zero-order chi connectivity index (χ0) is 19.4. The molecule has 6 aliphatic rings. The Hall–Kier alpha value is -1.10. The number of hydrogen-bond donors (Lipinski definition) is 2. The van der Waals surface area contributed by atoms with E-state index in [4.69, 9.17) is 0 Å². The van der Waals surface area contributed by atoms with Crippen LogP contribution in [0, 0.1) is 17.8 Å². The number of likely N-dealkylation sites (N-methyl/N-ethyl adjacent to an activating group) is 1. The lowest BCUT2D eigenvalue weighted by Gasteiger charge is -2.68. The van der Waals surface area contributed by atoms with E-state index in [1.807, 2.05) is 0 Å². The van der Waals surface area contributed by atoms with Gasteiger partial charge in [-0.25, -0.2) is 0 Å². The summed E-state index contributed by atoms with van der Waals surface area (Å²) in [5.74, 6) is 1.18. The van der Waals surface area contributed by atoms with Crippen molar-refractivity contribution in [3.05, 3.63) is 29.8 Å². The Balaban J connectivity index is 1.59. The second-order valence-electron chi connectivity index (χ2n) is 10.4. The fourth-order valence-electron chi connectivity index (χ4n) is 9.27. The van der Waals surface area contributed by atoms with Crippen LogP contribution in [-0.2, 0) is 5.41 Å². The lowest BCUT2D eigenvalue weighted by atomic mass is 9.60. The van der Waals surface area contributed by atoms with Gasteiger partial charge in [-0.3, -0.25) is 4.48 Å². The van der Waals surface area contributed by atoms with Gasteiger partial charge in [0, 0.05) is 37.4 Å². The molecule has 5 aliphatic heterocycles. The van der Waals surface area contributed by atoms with E-state index < -0.39 is 0 Å². The molecule has 1 aliphatic carbocycles. The molecule has 4 heteroatoms. The van der Waals surface area contributed by atoms with Gasteiger partial charge in [-0.2, -0.15) is 0 Å². The second-order valence-corrected chi connectivity index (χ2v) is 10.4. The summed E-state index contributed by atoms with van der Waals surface area (Å²) in [7, 11) is 2.24. The Morgan fingerprint density at radius 1 is 1.18 bits per heavy atom. The molecule has 0 unspecified atom stereocenters. The highest BCUT2D eigenvalue weighted by atomic mass is 16.3. The molecule has 1 aromatic carbocycles. The third-order valence-electron chi connectivity index (χ3n) is 10.0. The van der Waals surface area contributed by atoms with Gasteiger partial charge < -0.3 is 15.1 Å². The van der Waals surface area contributed by atoms with Gasteiger partial charge in [-0.1, -0.05) is 38.5 Å². The Morgan fingerprint density at radius 3 is 2.71 bits per heavy atom. The maximum absolute atomic E-state index is 12.0. The minimum absolute atomic E-state index is 0.129. The largest absolute Gasteiger partial charge is 0.392 e. The summed E-state index contributed by atoms with van der Waals surface area (Å²) < 4.78 is 0.884. The Bertz CT molecular complexity index is 814. The molecule has 1 spiro atoms. The van der Waals surface area contributed by atoms with Crippen LogP contribution in [0.4, 0.5) is 5.69 Å². The third-order valence-corrected chi connectivity index (χ3v) is 10.0. The quantitative estimate of drug-likeness (QED) is 0.786. The molecular formula is C24H35N2O2+. The molecule has 1 aromatic rings. The van der Waals surface area contributed by atoms with E-state index in [1.54, 1.807) is 0 Å². The average molecular weight is 384 g/mol. The smallest absolute Gasteiger partial charge is 0.194 e. The van der Waals surface area contributed by atoms with Crippen molar-refractivity contribution in [1.82, 2.24) is 0 Å². The molecule has 0 radical (unpaired) electrons. The van der Waals surface area contributed by atoms with Crippen LogP contribution in [0.3, 0.4) is 0 Å². The summed E-state index contributed by atoms with van der Waals surface area (Å²) in [4.78, 5) is 2.49. The maximum atomic E-state index is 12.0. The van der Waals surface area contributed by atoms with Crippen LogP contribution in [0.1, 0.15) is 51.5 Å². The summed E-state index contributed by atoms with van der Waals surface area (Å²) in [6, 6.07) is 10.00. The van der Waals surface area contributed by atoms with Gasteiger partial charge in [0.2, 0.25) is 0 Å². The number of piperidine rings is 4. The number of unbranched alkanes of at least 4 members (excludes halogenated alkanes) is 1. The first-order valence-electron chi connectivity index (χ1n) is 11.6. The van der Waals surface area contributed by atoms with Crippen molar-refractivity contribution in [3.63, 3.8) is 0 Å². The third kappa shape index (κ3) is 1.61. The molecule has 4 nitrogen and oxygen atoms in total. The molecule has 4 saturated heterocycles. The van der Waals surface area contributed by atoms with Crippen molar-refractivity contribution < 1.29 is 14.7 Å². The van der Waals surface area contributed by atoms with Crippen LogP contribution in [0.25, 0.3) is 0 Å². The highest BCUT2D eigenvalue weighted by Crippen LogP contribution is 2.71. The Labute approximate surface area is 168 Å². The van der Waals surface area contributed by atoms with E-state index in [-0.39, 0.29) is 17.7 Å². The topological polar surface area (TPSA) is 43.7 Å². The molecule has 5 heterocycles. The van der Waals surface area contributed by atoms with Crippen LogP contribution in [0.15, 0.2) is 24.3 Å². The monoisotopic (exact) mass is 383 g/mol. The van der Waals surface area contributed by atoms with Gasteiger partial charge >= 0.3 is 0 Å². The predicted octanol–water partition coefficient (Wildman–Crippen LogP) is 2.87. The number of quaternary nitrogens is 1. The van der Waals surface area contributed by atoms with Crippen LogP contribution >= 0.6 is 0 Å². The summed E-state index contributed by atoms with van der Waals surface area (Å²) in [6.07, 6.45) is 5.09. The highest BCUT2D eigenvalue weighted by molar-refractivity contribution is 5.66. The molecule has 7 rings (SSSR count). The zero-order valence-electron chi connectivity index (χ0n) is 17.5. The molecule has 2 N–H and O–H groups in total. The van der Waals surface area contributed by atoms with Crippen molar-refractivity contribution >= 4 is 5.69 Å². The minimum Gasteiger partial charge on any atom is -0.392 e. The Morgan fingerprint density at radius 2 is 1.96 bits per heavy atom. The van der Waals surface area contributed by atoms with Crippen molar-refractivity contribution in [3.8, 4) is 0 Å². The molecule has 10 atom stereocenters. The van der Waals surface area contributed by atoms with Crippen LogP contribution in [0.5, 0.6) is 0 Å². The van der Waals surface area contributed by atoms with E-state index in [0.717, 1.165) is 23.9 Å². The molecule has 0 amide bonds. The number of aliphatic hydroxyl groups excluding tert-OH is 2. The van der Waals surface area contributed by atoms with Crippen LogP contribution < -0.4 is 4.90 Å². The molecule has 0 aromatic heterocycles. The van der Waals surface area contributed by atoms with Gasteiger partial charge in [0.05, 0.1) is 30.1 Å². The molecule has 28 heavy (non-hydrogen) atoms. The fraction of sp³-hybridized carbons (Fsp3) is 0.750. The average Bonchev–Trinajstić information content (AvgIpc) is 3.09. The summed E-state index contributed by atoms with van der Waals surface area (Å²) in [5.41, 5.74) is 2.56. The van der Waals surface area contributed by atoms with Crippen molar-refractivity contribution in [1.29, 1.82) is 0 Å². The fourth-order valence-corrected chi connectivity index (χ4v) is 9.27. The standard InChI is InChI=1S/C24H35N2O2/c1-4-6-11-26-18-12-15(14(5-2)23(26)28)20-19(26)13-24(22(20)27)16-9-7-8-10-17(16)25(3)21(18)24/h7-10,14-15,18-23,27-28H,4-6,11-13H2,1-3H3/q+1/t14-,15-,18-,19-,20+,21-,22-,23+,24+,26-/m0/s1. The SMILES string of the molecule is CCCC[N@+]12[C@H](O)[C@@H](CC)[C@@H]3C[C@H]1[C@@H]1N(C)c4ccccc4[C@]14C[C@H]2[C@@H]3[C@@H]4O. The number of hydrogen-bond acceptors (Lipinski definition) is 3. The lowest BCUT2D eigenvalue weighted by Crippen LogP contribution is -2.83. The molecular weight excluding hydrogens is 348 g/mol. The van der Waals surface area contributed by atoms with Gasteiger partial charge in [-0.05, 0) is 30.4 Å². The minimum atomic E-state index is -0.272. The Kier molecular flexibility index (Phi) is 3.50. The van der Waals surface area contributed by atoms with Crippen molar-refractivity contribution in [2.45, 2.75) is 81.8 Å².